The standard InChI is InChI=1S/C22H22N4O2/c1-2-21-22(28-8-7-27-21)10-18(1)20-9-17(3-5-25-20)19-4-6-26(14-19)13-16-11-23-15-24-12-16/h1-3,5,9-12,15,19H,4,6-8,13-14H2/t19-/m1/s1. The molecule has 142 valence electrons. The van der Waals surface area contributed by atoms with Crippen LogP contribution in [0.4, 0.5) is 0 Å². The summed E-state index contributed by atoms with van der Waals surface area (Å²) < 4.78 is 11.3. The molecule has 0 aliphatic carbocycles. The molecule has 4 heterocycles. The van der Waals surface area contributed by atoms with Gasteiger partial charge in [-0.2, -0.15) is 0 Å². The zero-order valence-corrected chi connectivity index (χ0v) is 15.6. The highest BCUT2D eigenvalue weighted by molar-refractivity contribution is 5.64. The van der Waals surface area contributed by atoms with Crippen molar-refractivity contribution in [3.63, 3.8) is 0 Å². The lowest BCUT2D eigenvalue weighted by atomic mass is 9.97. The van der Waals surface area contributed by atoms with E-state index in [1.54, 1.807) is 6.33 Å². The fourth-order valence-electron chi connectivity index (χ4n) is 3.98. The van der Waals surface area contributed by atoms with Gasteiger partial charge in [0.1, 0.15) is 19.5 Å². The highest BCUT2D eigenvalue weighted by atomic mass is 16.6. The lowest BCUT2D eigenvalue weighted by molar-refractivity contribution is 0.171. The fraction of sp³-hybridized carbons (Fsp3) is 0.318. The van der Waals surface area contributed by atoms with Crippen LogP contribution in [0, 0.1) is 0 Å². The van der Waals surface area contributed by atoms with Crippen molar-refractivity contribution in [2.45, 2.75) is 18.9 Å². The molecule has 28 heavy (non-hydrogen) atoms. The van der Waals surface area contributed by atoms with Crippen LogP contribution in [0.5, 0.6) is 11.5 Å². The average Bonchev–Trinajstić information content (AvgIpc) is 3.23. The molecule has 2 aliphatic heterocycles. The third kappa shape index (κ3) is 3.55. The van der Waals surface area contributed by atoms with Crippen LogP contribution < -0.4 is 9.47 Å². The van der Waals surface area contributed by atoms with Crippen LogP contribution in [0.1, 0.15) is 23.5 Å². The molecule has 2 aromatic heterocycles. The molecule has 2 aliphatic rings. The third-order valence-corrected chi connectivity index (χ3v) is 5.39. The second kappa shape index (κ2) is 7.56. The first-order valence-corrected chi connectivity index (χ1v) is 9.67. The molecule has 0 amide bonds. The Bertz CT molecular complexity index is 964. The number of aromatic nitrogens is 3. The molecule has 1 aromatic carbocycles. The summed E-state index contributed by atoms with van der Waals surface area (Å²) in [7, 11) is 0. The van der Waals surface area contributed by atoms with E-state index in [-0.39, 0.29) is 0 Å². The Labute approximate surface area is 164 Å². The van der Waals surface area contributed by atoms with E-state index in [4.69, 9.17) is 9.47 Å². The van der Waals surface area contributed by atoms with Crippen LogP contribution >= 0.6 is 0 Å². The van der Waals surface area contributed by atoms with Gasteiger partial charge in [-0.1, -0.05) is 0 Å². The Morgan fingerprint density at radius 3 is 2.75 bits per heavy atom. The van der Waals surface area contributed by atoms with E-state index in [9.17, 15) is 0 Å². The highest BCUT2D eigenvalue weighted by Crippen LogP contribution is 2.35. The van der Waals surface area contributed by atoms with Crippen molar-refractivity contribution < 1.29 is 9.47 Å². The minimum Gasteiger partial charge on any atom is -0.486 e. The maximum Gasteiger partial charge on any atom is 0.162 e. The molecule has 3 aromatic rings. The van der Waals surface area contributed by atoms with Crippen molar-refractivity contribution in [1.29, 1.82) is 0 Å². The second-order valence-electron chi connectivity index (χ2n) is 7.30. The molecule has 0 saturated carbocycles. The number of ether oxygens (including phenoxy) is 2. The molecule has 0 N–H and O–H groups in total. The molecular formula is C22H22N4O2. The van der Waals surface area contributed by atoms with Crippen LogP contribution in [-0.4, -0.2) is 46.2 Å². The van der Waals surface area contributed by atoms with Gasteiger partial charge < -0.3 is 9.47 Å². The maximum atomic E-state index is 5.72. The maximum absolute atomic E-state index is 5.72. The molecular weight excluding hydrogens is 352 g/mol. The van der Waals surface area contributed by atoms with Crippen LogP contribution in [-0.2, 0) is 6.54 Å². The topological polar surface area (TPSA) is 60.4 Å². The van der Waals surface area contributed by atoms with Crippen LogP contribution in [0.15, 0.2) is 55.2 Å². The molecule has 0 bridgehead atoms. The van der Waals surface area contributed by atoms with Gasteiger partial charge in [-0.25, -0.2) is 9.97 Å². The minimum absolute atomic E-state index is 0.517. The summed E-state index contributed by atoms with van der Waals surface area (Å²) in [6, 6.07) is 10.4. The lowest BCUT2D eigenvalue weighted by Gasteiger charge is -2.19. The Kier molecular flexibility index (Phi) is 4.62. The van der Waals surface area contributed by atoms with Gasteiger partial charge >= 0.3 is 0 Å². The van der Waals surface area contributed by atoms with E-state index < -0.39 is 0 Å². The van der Waals surface area contributed by atoms with Crippen molar-refractivity contribution in [1.82, 2.24) is 19.9 Å². The molecule has 6 nitrogen and oxygen atoms in total. The van der Waals surface area contributed by atoms with E-state index >= 15 is 0 Å². The van der Waals surface area contributed by atoms with E-state index in [1.807, 2.05) is 30.7 Å². The first-order chi connectivity index (χ1) is 13.8. The third-order valence-electron chi connectivity index (χ3n) is 5.39. The zero-order chi connectivity index (χ0) is 18.8. The van der Waals surface area contributed by atoms with Gasteiger partial charge in [0, 0.05) is 42.8 Å². The predicted molar refractivity (Wildman–Crippen MR) is 105 cm³/mol. The molecule has 0 spiro atoms. The molecule has 1 saturated heterocycles. The molecule has 6 heteroatoms. The Balaban J connectivity index is 1.32. The minimum atomic E-state index is 0.517. The second-order valence-corrected chi connectivity index (χ2v) is 7.30. The van der Waals surface area contributed by atoms with Gasteiger partial charge in [-0.05, 0) is 54.8 Å². The average molecular weight is 374 g/mol. The molecule has 1 fully saturated rings. The van der Waals surface area contributed by atoms with E-state index in [0.29, 0.717) is 19.1 Å². The summed E-state index contributed by atoms with van der Waals surface area (Å²) in [5.74, 6) is 2.12. The lowest BCUT2D eigenvalue weighted by Crippen LogP contribution is -2.20. The van der Waals surface area contributed by atoms with Crippen LogP contribution in [0.25, 0.3) is 11.3 Å². The summed E-state index contributed by atoms with van der Waals surface area (Å²) in [4.78, 5) is 15.3. The van der Waals surface area contributed by atoms with Gasteiger partial charge in [0.05, 0.1) is 5.69 Å². The largest absolute Gasteiger partial charge is 0.486 e. The zero-order valence-electron chi connectivity index (χ0n) is 15.6. The summed E-state index contributed by atoms with van der Waals surface area (Å²) in [5.41, 5.74) is 4.54. The van der Waals surface area contributed by atoms with Crippen molar-refractivity contribution in [2.24, 2.45) is 0 Å². The Morgan fingerprint density at radius 1 is 1.00 bits per heavy atom. The molecule has 0 radical (unpaired) electrons. The van der Waals surface area contributed by atoms with E-state index in [1.165, 1.54) is 5.56 Å². The summed E-state index contributed by atoms with van der Waals surface area (Å²) in [6.07, 6.45) is 8.43. The van der Waals surface area contributed by atoms with Gasteiger partial charge in [-0.3, -0.25) is 9.88 Å². The van der Waals surface area contributed by atoms with Crippen molar-refractivity contribution >= 4 is 0 Å². The van der Waals surface area contributed by atoms with E-state index in [0.717, 1.165) is 54.4 Å². The number of pyridine rings is 1. The van der Waals surface area contributed by atoms with Crippen LogP contribution in [0.2, 0.25) is 0 Å². The number of rotatable bonds is 4. The fourth-order valence-corrected chi connectivity index (χ4v) is 3.98. The number of nitrogens with zero attached hydrogens (tertiary/aromatic N) is 4. The van der Waals surface area contributed by atoms with Gasteiger partial charge in [0.15, 0.2) is 11.5 Å². The summed E-state index contributed by atoms with van der Waals surface area (Å²) in [5, 5.41) is 0. The SMILES string of the molecule is c1ncc(CN2CC[C@@H](c3ccnc(-c4ccc5c(c4)OCCO5)c3)C2)cn1. The van der Waals surface area contributed by atoms with Gasteiger partial charge in [-0.15, -0.1) is 0 Å². The summed E-state index contributed by atoms with van der Waals surface area (Å²) >= 11 is 0. The molecule has 1 atom stereocenters. The van der Waals surface area contributed by atoms with E-state index in [2.05, 4.69) is 38.1 Å². The van der Waals surface area contributed by atoms with Crippen LogP contribution in [0.3, 0.4) is 0 Å². The molecule has 0 unspecified atom stereocenters. The van der Waals surface area contributed by atoms with Gasteiger partial charge in [0.25, 0.3) is 0 Å². The Morgan fingerprint density at radius 2 is 1.86 bits per heavy atom. The highest BCUT2D eigenvalue weighted by Gasteiger charge is 2.24. The number of likely N-dealkylation sites (tertiary alicyclic amines) is 1. The number of benzene rings is 1. The van der Waals surface area contributed by atoms with Crippen molar-refractivity contribution in [2.75, 3.05) is 26.3 Å². The number of fused-ring (bicyclic) bond motifs is 1. The summed E-state index contributed by atoms with van der Waals surface area (Å²) in [6.45, 7) is 4.22. The van der Waals surface area contributed by atoms with Gasteiger partial charge in [0.2, 0.25) is 0 Å². The normalized spacial score (nSPS) is 18.9. The number of hydrogen-bond acceptors (Lipinski definition) is 6. The van der Waals surface area contributed by atoms with Crippen molar-refractivity contribution in [3.8, 4) is 22.8 Å². The quantitative estimate of drug-likeness (QED) is 0.698. The Hall–Kier alpha value is -2.99. The number of hydrogen-bond donors (Lipinski definition) is 0. The first kappa shape index (κ1) is 17.1. The molecule has 5 rings (SSSR count). The first-order valence-electron chi connectivity index (χ1n) is 9.67. The predicted octanol–water partition coefficient (Wildman–Crippen LogP) is 3.30. The monoisotopic (exact) mass is 374 g/mol. The smallest absolute Gasteiger partial charge is 0.162 e. The van der Waals surface area contributed by atoms with Crippen molar-refractivity contribution in [3.05, 3.63) is 66.4 Å².